The molecule has 0 aromatic rings. The van der Waals surface area contributed by atoms with Crippen molar-refractivity contribution in [3.8, 4) is 0 Å². The molecule has 0 aromatic carbocycles. The highest BCUT2D eigenvalue weighted by atomic mass is 16.5. The third-order valence-electron chi connectivity index (χ3n) is 3.17. The molecule has 3 unspecified atom stereocenters. The van der Waals surface area contributed by atoms with Crippen molar-refractivity contribution in [3.05, 3.63) is 0 Å². The predicted molar refractivity (Wildman–Crippen MR) is 68.2 cm³/mol. The quantitative estimate of drug-likeness (QED) is 0.618. The molecule has 0 saturated heterocycles. The van der Waals surface area contributed by atoms with Crippen LogP contribution in [-0.4, -0.2) is 12.6 Å². The smallest absolute Gasteiger partial charge is 0.302 e. The van der Waals surface area contributed by atoms with Gasteiger partial charge >= 0.3 is 5.97 Å². The summed E-state index contributed by atoms with van der Waals surface area (Å²) in [6, 6.07) is 0. The second-order valence-electron chi connectivity index (χ2n) is 5.73. The van der Waals surface area contributed by atoms with Crippen LogP contribution < -0.4 is 0 Å². The summed E-state index contributed by atoms with van der Waals surface area (Å²) in [5.41, 5.74) is 0. The topological polar surface area (TPSA) is 26.3 Å². The van der Waals surface area contributed by atoms with Gasteiger partial charge in [0.05, 0.1) is 6.61 Å². The van der Waals surface area contributed by atoms with Gasteiger partial charge in [0.15, 0.2) is 0 Å². The highest BCUT2D eigenvalue weighted by Crippen LogP contribution is 2.24. The number of carbonyl (C=O) groups excluding carboxylic acids is 1. The lowest BCUT2D eigenvalue weighted by molar-refractivity contribution is -0.142. The van der Waals surface area contributed by atoms with Gasteiger partial charge in [0.2, 0.25) is 0 Å². The van der Waals surface area contributed by atoms with Gasteiger partial charge in [-0.25, -0.2) is 0 Å². The average Bonchev–Trinajstić information content (AvgIpc) is 2.12. The first-order valence-electron chi connectivity index (χ1n) is 6.46. The molecule has 0 fully saturated rings. The lowest BCUT2D eigenvalue weighted by Gasteiger charge is -2.23. The monoisotopic (exact) mass is 228 g/mol. The maximum absolute atomic E-state index is 10.7. The minimum absolute atomic E-state index is 0.172. The molecule has 0 N–H and O–H groups in total. The van der Waals surface area contributed by atoms with Gasteiger partial charge in [-0.15, -0.1) is 0 Å². The Balaban J connectivity index is 3.85. The summed E-state index contributed by atoms with van der Waals surface area (Å²) >= 11 is 0. The zero-order valence-corrected chi connectivity index (χ0v) is 11.7. The molecule has 2 heteroatoms. The number of esters is 1. The van der Waals surface area contributed by atoms with Gasteiger partial charge in [-0.05, 0) is 36.5 Å². The fourth-order valence-electron chi connectivity index (χ4n) is 2.18. The molecule has 0 aliphatic rings. The van der Waals surface area contributed by atoms with Crippen LogP contribution in [0.3, 0.4) is 0 Å². The van der Waals surface area contributed by atoms with Crippen LogP contribution in [0.15, 0.2) is 0 Å². The summed E-state index contributed by atoms with van der Waals surface area (Å²) in [5, 5.41) is 0. The third kappa shape index (κ3) is 7.72. The van der Waals surface area contributed by atoms with E-state index in [1.54, 1.807) is 0 Å². The highest BCUT2D eigenvalue weighted by molar-refractivity contribution is 5.65. The summed E-state index contributed by atoms with van der Waals surface area (Å²) in [5.74, 6) is 2.43. The largest absolute Gasteiger partial charge is 0.466 e. The molecule has 0 spiro atoms. The maximum Gasteiger partial charge on any atom is 0.302 e. The molecule has 0 bridgehead atoms. The van der Waals surface area contributed by atoms with E-state index in [0.29, 0.717) is 18.4 Å². The van der Waals surface area contributed by atoms with Crippen molar-refractivity contribution in [2.24, 2.45) is 23.7 Å². The second-order valence-corrected chi connectivity index (χ2v) is 5.73. The Hall–Kier alpha value is -0.530. The Morgan fingerprint density at radius 1 is 1.00 bits per heavy atom. The molecule has 3 atom stereocenters. The Morgan fingerprint density at radius 2 is 1.56 bits per heavy atom. The third-order valence-corrected chi connectivity index (χ3v) is 3.17. The van der Waals surface area contributed by atoms with Crippen molar-refractivity contribution in [1.29, 1.82) is 0 Å². The molecular formula is C14H28O2. The van der Waals surface area contributed by atoms with E-state index in [-0.39, 0.29) is 5.97 Å². The molecule has 0 aromatic heterocycles. The summed E-state index contributed by atoms with van der Waals surface area (Å²) in [4.78, 5) is 10.7. The van der Waals surface area contributed by atoms with Crippen molar-refractivity contribution in [2.45, 2.75) is 54.4 Å². The fraction of sp³-hybridized carbons (Fsp3) is 0.929. The van der Waals surface area contributed by atoms with E-state index in [2.05, 4.69) is 34.6 Å². The van der Waals surface area contributed by atoms with Crippen LogP contribution in [0, 0.1) is 23.7 Å². The number of carbonyl (C=O) groups is 1. The molecular weight excluding hydrogens is 200 g/mol. The van der Waals surface area contributed by atoms with Gasteiger partial charge in [-0.1, -0.05) is 34.6 Å². The summed E-state index contributed by atoms with van der Waals surface area (Å²) in [6.45, 7) is 13.3. The highest BCUT2D eigenvalue weighted by Gasteiger charge is 2.17. The van der Waals surface area contributed by atoms with Crippen LogP contribution in [0.2, 0.25) is 0 Å². The molecule has 2 nitrogen and oxygen atoms in total. The van der Waals surface area contributed by atoms with Gasteiger partial charge in [-0.2, -0.15) is 0 Å². The van der Waals surface area contributed by atoms with Crippen molar-refractivity contribution in [2.75, 3.05) is 6.61 Å². The van der Waals surface area contributed by atoms with Crippen molar-refractivity contribution in [1.82, 2.24) is 0 Å². The zero-order valence-electron chi connectivity index (χ0n) is 11.7. The summed E-state index contributed by atoms with van der Waals surface area (Å²) < 4.78 is 5.05. The minimum atomic E-state index is -0.172. The van der Waals surface area contributed by atoms with E-state index in [1.165, 1.54) is 19.8 Å². The number of hydrogen-bond donors (Lipinski definition) is 0. The SMILES string of the molecule is CC(=O)OCC(C)C(C)CC(C)CC(C)C. The van der Waals surface area contributed by atoms with Gasteiger partial charge < -0.3 is 4.74 Å². The van der Waals surface area contributed by atoms with Crippen LogP contribution in [0.1, 0.15) is 54.4 Å². The molecule has 0 amide bonds. The molecule has 0 radical (unpaired) electrons. The van der Waals surface area contributed by atoms with E-state index < -0.39 is 0 Å². The van der Waals surface area contributed by atoms with Crippen LogP contribution in [0.25, 0.3) is 0 Å². The molecule has 0 aliphatic heterocycles. The standard InChI is InChI=1S/C14H28O2/c1-10(2)7-11(3)8-12(4)13(5)9-16-14(6)15/h10-13H,7-9H2,1-6H3. The number of ether oxygens (including phenoxy) is 1. The van der Waals surface area contributed by atoms with E-state index in [0.717, 1.165) is 11.8 Å². The van der Waals surface area contributed by atoms with Crippen LogP contribution >= 0.6 is 0 Å². The molecule has 0 rings (SSSR count). The Labute approximate surface area is 101 Å². The van der Waals surface area contributed by atoms with Crippen molar-refractivity contribution in [3.63, 3.8) is 0 Å². The normalized spacial score (nSPS) is 16.9. The van der Waals surface area contributed by atoms with Gasteiger partial charge in [0, 0.05) is 6.92 Å². The van der Waals surface area contributed by atoms with E-state index in [4.69, 9.17) is 4.74 Å². The predicted octanol–water partition coefficient (Wildman–Crippen LogP) is 3.89. The number of hydrogen-bond acceptors (Lipinski definition) is 2. The lowest BCUT2D eigenvalue weighted by atomic mass is 9.84. The second kappa shape index (κ2) is 7.70. The summed E-state index contributed by atoms with van der Waals surface area (Å²) in [6.07, 6.45) is 2.51. The first kappa shape index (κ1) is 15.5. The van der Waals surface area contributed by atoms with Crippen molar-refractivity contribution >= 4 is 5.97 Å². The summed E-state index contributed by atoms with van der Waals surface area (Å²) in [7, 11) is 0. The van der Waals surface area contributed by atoms with Crippen LogP contribution in [0.4, 0.5) is 0 Å². The van der Waals surface area contributed by atoms with E-state index >= 15 is 0 Å². The molecule has 0 aliphatic carbocycles. The molecule has 0 saturated carbocycles. The molecule has 96 valence electrons. The van der Waals surface area contributed by atoms with E-state index in [1.807, 2.05) is 0 Å². The van der Waals surface area contributed by atoms with Gasteiger partial charge in [-0.3, -0.25) is 4.79 Å². The Morgan fingerprint density at radius 3 is 2.00 bits per heavy atom. The zero-order chi connectivity index (χ0) is 12.7. The molecule has 0 heterocycles. The van der Waals surface area contributed by atoms with Crippen molar-refractivity contribution < 1.29 is 9.53 Å². The molecule has 16 heavy (non-hydrogen) atoms. The lowest BCUT2D eigenvalue weighted by Crippen LogP contribution is -2.19. The number of rotatable bonds is 7. The van der Waals surface area contributed by atoms with Crippen LogP contribution in [-0.2, 0) is 9.53 Å². The fourth-order valence-corrected chi connectivity index (χ4v) is 2.18. The van der Waals surface area contributed by atoms with Gasteiger partial charge in [0.1, 0.15) is 0 Å². The van der Waals surface area contributed by atoms with Crippen LogP contribution in [0.5, 0.6) is 0 Å². The minimum Gasteiger partial charge on any atom is -0.466 e. The average molecular weight is 228 g/mol. The van der Waals surface area contributed by atoms with Gasteiger partial charge in [0.25, 0.3) is 0 Å². The Kier molecular flexibility index (Phi) is 7.44. The first-order valence-corrected chi connectivity index (χ1v) is 6.46. The first-order chi connectivity index (χ1) is 7.32. The van der Waals surface area contributed by atoms with E-state index in [9.17, 15) is 4.79 Å². The maximum atomic E-state index is 10.7. The Bertz CT molecular complexity index is 199.